The Morgan fingerprint density at radius 2 is 2.04 bits per heavy atom. The van der Waals surface area contributed by atoms with E-state index in [9.17, 15) is 4.79 Å². The first-order valence-electron chi connectivity index (χ1n) is 8.31. The van der Waals surface area contributed by atoms with Crippen molar-refractivity contribution in [2.24, 2.45) is 0 Å². The largest absolute Gasteiger partial charge is 0.308 e. The molecule has 0 fully saturated rings. The second-order valence-electron chi connectivity index (χ2n) is 6.47. The van der Waals surface area contributed by atoms with Crippen molar-refractivity contribution in [1.82, 2.24) is 24.2 Å². The van der Waals surface area contributed by atoms with Gasteiger partial charge in [0.15, 0.2) is 5.52 Å². The average molecular weight is 368 g/mol. The Morgan fingerprint density at radius 1 is 1.19 bits per heavy atom. The Hall–Kier alpha value is -2.70. The van der Waals surface area contributed by atoms with Gasteiger partial charge >= 0.3 is 0 Å². The molecular weight excluding hydrogens is 350 g/mol. The minimum Gasteiger partial charge on any atom is -0.308 e. The van der Waals surface area contributed by atoms with Crippen LogP contribution in [0.4, 0.5) is 0 Å². The van der Waals surface area contributed by atoms with Gasteiger partial charge in [-0.25, -0.2) is 0 Å². The Labute approximate surface area is 155 Å². The van der Waals surface area contributed by atoms with E-state index in [1.807, 2.05) is 49.2 Å². The average Bonchev–Trinajstić information content (AvgIpc) is 3.06. The third kappa shape index (κ3) is 2.87. The minimum atomic E-state index is -0.175. The number of likely N-dealkylation sites (N-methyl/N-ethyl adjacent to an activating group) is 1. The molecule has 3 aromatic heterocycles. The highest BCUT2D eigenvalue weighted by atomic mass is 35.5. The van der Waals surface area contributed by atoms with Gasteiger partial charge in [0.05, 0.1) is 23.9 Å². The lowest BCUT2D eigenvalue weighted by Crippen LogP contribution is -2.20. The summed E-state index contributed by atoms with van der Waals surface area (Å²) in [6.07, 6.45) is 5.28. The Bertz CT molecular complexity index is 1150. The van der Waals surface area contributed by atoms with Gasteiger partial charge in [0.25, 0.3) is 5.56 Å². The molecule has 4 aromatic rings. The SMILES string of the molecule is CN(C)CCn1cc2c(n1)c(=O)n(-c1cccnc1)c1cc(Cl)ccc21. The highest BCUT2D eigenvalue weighted by Crippen LogP contribution is 2.26. The lowest BCUT2D eigenvalue weighted by molar-refractivity contribution is 0.374. The van der Waals surface area contributed by atoms with Gasteiger partial charge in [-0.2, -0.15) is 5.10 Å². The van der Waals surface area contributed by atoms with Gasteiger partial charge in [-0.1, -0.05) is 17.7 Å². The van der Waals surface area contributed by atoms with Gasteiger partial charge in [0.2, 0.25) is 0 Å². The molecule has 0 unspecified atom stereocenters. The molecule has 7 heteroatoms. The second kappa shape index (κ2) is 6.55. The molecule has 132 valence electrons. The van der Waals surface area contributed by atoms with Crippen LogP contribution in [0.1, 0.15) is 0 Å². The van der Waals surface area contributed by atoms with Crippen molar-refractivity contribution in [2.45, 2.75) is 6.54 Å². The van der Waals surface area contributed by atoms with Gasteiger partial charge in [-0.3, -0.25) is 19.0 Å². The summed E-state index contributed by atoms with van der Waals surface area (Å²) in [5.74, 6) is 0. The van der Waals surface area contributed by atoms with E-state index in [2.05, 4.69) is 15.0 Å². The lowest BCUT2D eigenvalue weighted by Gasteiger charge is -2.10. The molecule has 0 bridgehead atoms. The van der Waals surface area contributed by atoms with Crippen LogP contribution in [0.5, 0.6) is 0 Å². The maximum absolute atomic E-state index is 13.2. The number of hydrogen-bond acceptors (Lipinski definition) is 4. The van der Waals surface area contributed by atoms with Gasteiger partial charge < -0.3 is 4.90 Å². The van der Waals surface area contributed by atoms with E-state index in [4.69, 9.17) is 11.6 Å². The van der Waals surface area contributed by atoms with Crippen molar-refractivity contribution in [3.63, 3.8) is 0 Å². The number of nitrogens with zero attached hydrogens (tertiary/aromatic N) is 5. The summed E-state index contributed by atoms with van der Waals surface area (Å²) >= 11 is 6.21. The van der Waals surface area contributed by atoms with Crippen LogP contribution in [0.25, 0.3) is 27.5 Å². The molecule has 0 aliphatic carbocycles. The lowest BCUT2D eigenvalue weighted by atomic mass is 10.1. The van der Waals surface area contributed by atoms with Crippen molar-refractivity contribution in [1.29, 1.82) is 0 Å². The third-order valence-corrected chi connectivity index (χ3v) is 4.57. The predicted molar refractivity (Wildman–Crippen MR) is 104 cm³/mol. The predicted octanol–water partition coefficient (Wildman–Crippen LogP) is 2.95. The summed E-state index contributed by atoms with van der Waals surface area (Å²) < 4.78 is 3.45. The summed E-state index contributed by atoms with van der Waals surface area (Å²) in [5.41, 5.74) is 1.71. The first-order chi connectivity index (χ1) is 12.5. The highest BCUT2D eigenvalue weighted by Gasteiger charge is 2.16. The number of hydrogen-bond donors (Lipinski definition) is 0. The summed E-state index contributed by atoms with van der Waals surface area (Å²) in [6.45, 7) is 1.55. The zero-order chi connectivity index (χ0) is 18.3. The fourth-order valence-electron chi connectivity index (χ4n) is 3.07. The van der Waals surface area contributed by atoms with Crippen LogP contribution in [0.3, 0.4) is 0 Å². The maximum atomic E-state index is 13.2. The molecule has 0 aliphatic heterocycles. The van der Waals surface area contributed by atoms with E-state index in [1.54, 1.807) is 23.0 Å². The molecule has 0 atom stereocenters. The number of aromatic nitrogens is 4. The van der Waals surface area contributed by atoms with Crippen LogP contribution in [-0.2, 0) is 6.54 Å². The van der Waals surface area contributed by atoms with E-state index >= 15 is 0 Å². The number of fused-ring (bicyclic) bond motifs is 3. The van der Waals surface area contributed by atoms with Gasteiger partial charge in [0.1, 0.15) is 0 Å². The summed E-state index contributed by atoms with van der Waals surface area (Å²) in [6, 6.07) is 9.23. The van der Waals surface area contributed by atoms with Crippen LogP contribution < -0.4 is 5.56 Å². The molecular formula is C19H18ClN5O. The van der Waals surface area contributed by atoms with Gasteiger partial charge in [0, 0.05) is 34.7 Å². The van der Waals surface area contributed by atoms with E-state index < -0.39 is 0 Å². The minimum absolute atomic E-state index is 0.175. The monoisotopic (exact) mass is 367 g/mol. The molecule has 1 aromatic carbocycles. The number of rotatable bonds is 4. The third-order valence-electron chi connectivity index (χ3n) is 4.34. The van der Waals surface area contributed by atoms with E-state index in [0.29, 0.717) is 22.8 Å². The zero-order valence-electron chi connectivity index (χ0n) is 14.6. The highest BCUT2D eigenvalue weighted by molar-refractivity contribution is 6.31. The van der Waals surface area contributed by atoms with Crippen molar-refractivity contribution >= 4 is 33.4 Å². The standard InChI is InChI=1S/C19H18ClN5O/c1-23(2)8-9-24-12-16-15-6-5-13(20)10-17(15)25(19(26)18(16)22-24)14-4-3-7-21-11-14/h3-7,10-12H,8-9H2,1-2H3. The number of pyridine rings is 2. The Kier molecular flexibility index (Phi) is 4.22. The molecule has 26 heavy (non-hydrogen) atoms. The normalized spacial score (nSPS) is 11.7. The van der Waals surface area contributed by atoms with Gasteiger partial charge in [-0.05, 0) is 38.4 Å². The number of benzene rings is 1. The molecule has 6 nitrogen and oxygen atoms in total. The van der Waals surface area contributed by atoms with E-state index in [-0.39, 0.29) is 5.56 Å². The fourth-order valence-corrected chi connectivity index (χ4v) is 3.23. The fraction of sp³-hybridized carbons (Fsp3) is 0.211. The van der Waals surface area contributed by atoms with Crippen LogP contribution in [0.2, 0.25) is 5.02 Å². The zero-order valence-corrected chi connectivity index (χ0v) is 15.3. The summed E-state index contributed by atoms with van der Waals surface area (Å²) in [5, 5.41) is 6.89. The van der Waals surface area contributed by atoms with Crippen molar-refractivity contribution in [3.8, 4) is 5.69 Å². The second-order valence-corrected chi connectivity index (χ2v) is 6.91. The molecule has 4 rings (SSSR count). The van der Waals surface area contributed by atoms with Crippen molar-refractivity contribution in [3.05, 3.63) is 64.3 Å². The molecule has 0 N–H and O–H groups in total. The first kappa shape index (κ1) is 16.8. The molecule has 0 aliphatic rings. The Morgan fingerprint density at radius 3 is 2.77 bits per heavy atom. The topological polar surface area (TPSA) is 56.0 Å². The molecule has 0 amide bonds. The molecule has 0 saturated heterocycles. The Balaban J connectivity index is 2.04. The van der Waals surface area contributed by atoms with Gasteiger partial charge in [-0.15, -0.1) is 0 Å². The van der Waals surface area contributed by atoms with Crippen LogP contribution in [0, 0.1) is 0 Å². The molecule has 3 heterocycles. The van der Waals surface area contributed by atoms with Crippen molar-refractivity contribution in [2.75, 3.05) is 20.6 Å². The van der Waals surface area contributed by atoms with E-state index in [1.165, 1.54) is 0 Å². The number of halogens is 1. The van der Waals surface area contributed by atoms with Crippen molar-refractivity contribution < 1.29 is 0 Å². The smallest absolute Gasteiger partial charge is 0.284 e. The molecule has 0 saturated carbocycles. The summed E-state index contributed by atoms with van der Waals surface area (Å²) in [4.78, 5) is 19.4. The quantitative estimate of drug-likeness (QED) is 0.556. The van der Waals surface area contributed by atoms with Crippen LogP contribution >= 0.6 is 11.6 Å². The summed E-state index contributed by atoms with van der Waals surface area (Å²) in [7, 11) is 4.02. The van der Waals surface area contributed by atoms with Crippen LogP contribution in [0.15, 0.2) is 53.7 Å². The molecule has 0 radical (unpaired) electrons. The molecule has 0 spiro atoms. The van der Waals surface area contributed by atoms with E-state index in [0.717, 1.165) is 22.8 Å². The van der Waals surface area contributed by atoms with Crippen LogP contribution in [-0.4, -0.2) is 44.9 Å². The first-order valence-corrected chi connectivity index (χ1v) is 8.69. The maximum Gasteiger partial charge on any atom is 0.284 e.